The largest absolute Gasteiger partial charge is 0.441 e. The maximum absolute atomic E-state index is 14.5. The molecule has 0 aliphatic carbocycles. The molecule has 2 aliphatic heterocycles. The van der Waals surface area contributed by atoms with Gasteiger partial charge in [0.1, 0.15) is 18.5 Å². The maximum Gasteiger partial charge on any atom is 0.414 e. The van der Waals surface area contributed by atoms with E-state index in [1.807, 2.05) is 4.90 Å². The van der Waals surface area contributed by atoms with Gasteiger partial charge in [-0.05, 0) is 24.6 Å². The summed E-state index contributed by atoms with van der Waals surface area (Å²) >= 11 is 0. The van der Waals surface area contributed by atoms with Crippen LogP contribution in [0.3, 0.4) is 0 Å². The lowest BCUT2D eigenvalue weighted by molar-refractivity contribution is -0.303. The second kappa shape index (κ2) is 9.16. The summed E-state index contributed by atoms with van der Waals surface area (Å²) in [5, 5.41) is 0. The molecule has 1 aromatic carbocycles. The summed E-state index contributed by atoms with van der Waals surface area (Å²) in [6.45, 7) is 5.49. The molecular weight excluding hydrogens is 343 g/mol. The Morgan fingerprint density at radius 2 is 2.08 bits per heavy atom. The zero-order chi connectivity index (χ0) is 18.4. The highest BCUT2D eigenvalue weighted by Gasteiger charge is 2.33. The number of amides is 1. The fourth-order valence-electron chi connectivity index (χ4n) is 2.93. The van der Waals surface area contributed by atoms with Gasteiger partial charge in [0.15, 0.2) is 0 Å². The molecule has 1 aromatic rings. The monoisotopic (exact) mass is 368 g/mol. The van der Waals surface area contributed by atoms with Gasteiger partial charge in [-0.2, -0.15) is 0 Å². The van der Waals surface area contributed by atoms with Gasteiger partial charge >= 0.3 is 6.09 Å². The number of cyclic esters (lactones) is 1. The highest BCUT2D eigenvalue weighted by Crippen LogP contribution is 2.28. The van der Waals surface area contributed by atoms with Crippen LogP contribution in [0.2, 0.25) is 0 Å². The SMILES string of the molecule is CCCCOOC[C@H]1CN(c2ccc(N3CCOCC3)c(F)c2)C(=O)O1. The van der Waals surface area contributed by atoms with Crippen LogP contribution in [0.5, 0.6) is 0 Å². The Morgan fingerprint density at radius 1 is 1.27 bits per heavy atom. The molecule has 7 nitrogen and oxygen atoms in total. The van der Waals surface area contributed by atoms with Gasteiger partial charge in [-0.3, -0.25) is 4.90 Å². The molecule has 144 valence electrons. The zero-order valence-corrected chi connectivity index (χ0v) is 15.0. The van der Waals surface area contributed by atoms with Crippen LogP contribution in [0.1, 0.15) is 19.8 Å². The standard InChI is InChI=1S/C18H25FN2O5/c1-2-3-8-24-25-13-15-12-21(18(22)26-15)14-4-5-17(16(19)11-14)20-6-9-23-10-7-20/h4-5,11,15H,2-3,6-10,12-13H2,1H3/t15-/m1/s1. The van der Waals surface area contributed by atoms with Crippen molar-refractivity contribution in [2.75, 3.05) is 55.9 Å². The van der Waals surface area contributed by atoms with Crippen LogP contribution in [0, 0.1) is 5.82 Å². The Balaban J connectivity index is 1.56. The van der Waals surface area contributed by atoms with Gasteiger partial charge in [0, 0.05) is 13.1 Å². The third kappa shape index (κ3) is 4.63. The van der Waals surface area contributed by atoms with E-state index in [-0.39, 0.29) is 12.4 Å². The minimum absolute atomic E-state index is 0.153. The van der Waals surface area contributed by atoms with E-state index < -0.39 is 12.2 Å². The van der Waals surface area contributed by atoms with E-state index in [4.69, 9.17) is 19.2 Å². The van der Waals surface area contributed by atoms with Crippen LogP contribution in [-0.2, 0) is 19.2 Å². The second-order valence-corrected chi connectivity index (χ2v) is 6.31. The summed E-state index contributed by atoms with van der Waals surface area (Å²) in [6.07, 6.45) is 0.976. The molecule has 0 bridgehead atoms. The Labute approximate surface area is 152 Å². The number of carbonyl (C=O) groups excluding carboxylic acids is 1. The van der Waals surface area contributed by atoms with Crippen molar-refractivity contribution in [1.82, 2.24) is 0 Å². The molecule has 2 fully saturated rings. The third-order valence-electron chi connectivity index (χ3n) is 4.39. The van der Waals surface area contributed by atoms with Crippen LogP contribution in [0.15, 0.2) is 18.2 Å². The average Bonchev–Trinajstić information content (AvgIpc) is 3.03. The predicted octanol–water partition coefficient (Wildman–Crippen LogP) is 2.74. The Bertz CT molecular complexity index is 609. The lowest BCUT2D eigenvalue weighted by atomic mass is 10.2. The van der Waals surface area contributed by atoms with Gasteiger partial charge in [0.2, 0.25) is 0 Å². The molecule has 26 heavy (non-hydrogen) atoms. The second-order valence-electron chi connectivity index (χ2n) is 6.31. The topological polar surface area (TPSA) is 60.5 Å². The summed E-state index contributed by atoms with van der Waals surface area (Å²) in [5.74, 6) is -0.361. The van der Waals surface area contributed by atoms with Crippen LogP contribution in [0.4, 0.5) is 20.6 Å². The van der Waals surface area contributed by atoms with Crippen molar-refractivity contribution < 1.29 is 28.4 Å². The van der Waals surface area contributed by atoms with Crippen LogP contribution >= 0.6 is 0 Å². The van der Waals surface area contributed by atoms with E-state index in [1.54, 1.807) is 12.1 Å². The van der Waals surface area contributed by atoms with Gasteiger partial charge in [-0.25, -0.2) is 19.0 Å². The zero-order valence-electron chi connectivity index (χ0n) is 15.0. The summed E-state index contributed by atoms with van der Waals surface area (Å²) in [7, 11) is 0. The van der Waals surface area contributed by atoms with E-state index in [0.717, 1.165) is 12.8 Å². The first kappa shape index (κ1) is 18.9. The van der Waals surface area contributed by atoms with Crippen molar-refractivity contribution in [1.29, 1.82) is 0 Å². The quantitative estimate of drug-likeness (QED) is 0.399. The Hall–Kier alpha value is -1.90. The molecule has 0 saturated carbocycles. The van der Waals surface area contributed by atoms with Crippen molar-refractivity contribution in [2.45, 2.75) is 25.9 Å². The molecule has 1 atom stereocenters. The summed E-state index contributed by atoms with van der Waals surface area (Å²) in [6, 6.07) is 4.80. The maximum atomic E-state index is 14.5. The van der Waals surface area contributed by atoms with Crippen molar-refractivity contribution in [2.24, 2.45) is 0 Å². The molecule has 0 unspecified atom stereocenters. The molecule has 0 radical (unpaired) electrons. The first-order valence-electron chi connectivity index (χ1n) is 9.04. The van der Waals surface area contributed by atoms with Crippen LogP contribution in [0.25, 0.3) is 0 Å². The molecule has 1 amide bonds. The number of nitrogens with zero attached hydrogens (tertiary/aromatic N) is 2. The number of unbranched alkanes of at least 4 members (excludes halogenated alkanes) is 1. The van der Waals surface area contributed by atoms with Gasteiger partial charge in [0.05, 0.1) is 37.7 Å². The molecule has 0 N–H and O–H groups in total. The van der Waals surface area contributed by atoms with Crippen molar-refractivity contribution >= 4 is 17.5 Å². The average molecular weight is 368 g/mol. The third-order valence-corrected chi connectivity index (χ3v) is 4.39. The van der Waals surface area contributed by atoms with Crippen LogP contribution in [-0.4, -0.2) is 58.3 Å². The molecule has 2 saturated heterocycles. The van der Waals surface area contributed by atoms with Gasteiger partial charge in [-0.15, -0.1) is 0 Å². The summed E-state index contributed by atoms with van der Waals surface area (Å²) < 4.78 is 25.1. The fourth-order valence-corrected chi connectivity index (χ4v) is 2.93. The Morgan fingerprint density at radius 3 is 2.81 bits per heavy atom. The molecule has 2 aliphatic rings. The Kier molecular flexibility index (Phi) is 6.65. The minimum Gasteiger partial charge on any atom is -0.441 e. The van der Waals surface area contributed by atoms with E-state index in [2.05, 4.69) is 6.92 Å². The van der Waals surface area contributed by atoms with Crippen LogP contribution < -0.4 is 9.80 Å². The minimum atomic E-state index is -0.509. The number of benzene rings is 1. The normalized spacial score (nSPS) is 20.5. The van der Waals surface area contributed by atoms with Crippen molar-refractivity contribution in [3.8, 4) is 0 Å². The smallest absolute Gasteiger partial charge is 0.414 e. The number of morpholine rings is 1. The summed E-state index contributed by atoms with van der Waals surface area (Å²) in [4.78, 5) is 25.5. The van der Waals surface area contributed by atoms with Crippen molar-refractivity contribution in [3.63, 3.8) is 0 Å². The first-order valence-corrected chi connectivity index (χ1v) is 9.04. The number of carbonyl (C=O) groups is 1. The molecular formula is C18H25FN2O5. The van der Waals surface area contributed by atoms with E-state index in [0.29, 0.717) is 50.8 Å². The molecule has 2 heterocycles. The number of halogens is 1. The van der Waals surface area contributed by atoms with Gasteiger partial charge in [0.25, 0.3) is 0 Å². The number of rotatable bonds is 8. The molecule has 0 spiro atoms. The predicted molar refractivity (Wildman–Crippen MR) is 93.9 cm³/mol. The lowest BCUT2D eigenvalue weighted by Gasteiger charge is -2.29. The van der Waals surface area contributed by atoms with Gasteiger partial charge in [-0.1, -0.05) is 13.3 Å². The van der Waals surface area contributed by atoms with E-state index in [1.165, 1.54) is 11.0 Å². The molecule has 3 rings (SSSR count). The number of ether oxygens (including phenoxy) is 2. The van der Waals surface area contributed by atoms with Gasteiger partial charge < -0.3 is 14.4 Å². The van der Waals surface area contributed by atoms with E-state index in [9.17, 15) is 9.18 Å². The lowest BCUT2D eigenvalue weighted by Crippen LogP contribution is -2.36. The molecule has 8 heteroatoms. The fraction of sp³-hybridized carbons (Fsp3) is 0.611. The van der Waals surface area contributed by atoms with Crippen molar-refractivity contribution in [3.05, 3.63) is 24.0 Å². The highest BCUT2D eigenvalue weighted by atomic mass is 19.1. The number of anilines is 2. The first-order chi connectivity index (χ1) is 12.7. The number of hydrogen-bond donors (Lipinski definition) is 0. The molecule has 0 aromatic heterocycles. The summed E-state index contributed by atoms with van der Waals surface area (Å²) in [5.41, 5.74) is 0.993. The number of hydrogen-bond acceptors (Lipinski definition) is 6. The van der Waals surface area contributed by atoms with E-state index >= 15 is 0 Å². The highest BCUT2D eigenvalue weighted by molar-refractivity contribution is 5.90.